The summed E-state index contributed by atoms with van der Waals surface area (Å²) >= 11 is 0. The predicted molar refractivity (Wildman–Crippen MR) is 72.5 cm³/mol. The van der Waals surface area contributed by atoms with Crippen LogP contribution in [0.3, 0.4) is 0 Å². The molecule has 0 saturated heterocycles. The quantitative estimate of drug-likeness (QED) is 0.920. The van der Waals surface area contributed by atoms with Crippen molar-refractivity contribution in [3.8, 4) is 12.1 Å². The van der Waals surface area contributed by atoms with Gasteiger partial charge in [-0.15, -0.1) is 0 Å². The molecule has 0 aliphatic rings. The zero-order valence-electron chi connectivity index (χ0n) is 11.3. The topological polar surface area (TPSA) is 85.6 Å². The van der Waals surface area contributed by atoms with Gasteiger partial charge in [0.2, 0.25) is 0 Å². The van der Waals surface area contributed by atoms with Gasteiger partial charge in [-0.1, -0.05) is 29.3 Å². The minimum atomic E-state index is -0.749. The molecule has 20 heavy (non-hydrogen) atoms. The molecule has 0 fully saturated rings. The summed E-state index contributed by atoms with van der Waals surface area (Å²) in [5, 5.41) is 28.2. The fourth-order valence-electron chi connectivity index (χ4n) is 2.21. The van der Waals surface area contributed by atoms with Gasteiger partial charge in [-0.3, -0.25) is 0 Å². The highest BCUT2D eigenvalue weighted by atomic mass is 16.3. The van der Waals surface area contributed by atoms with Gasteiger partial charge in [0.05, 0.1) is 19.0 Å². The molecule has 1 aromatic carbocycles. The van der Waals surface area contributed by atoms with E-state index in [-0.39, 0.29) is 17.9 Å². The van der Waals surface area contributed by atoms with Crippen LogP contribution in [-0.4, -0.2) is 14.7 Å². The maximum Gasteiger partial charge on any atom is 0.176 e. The second-order valence-corrected chi connectivity index (χ2v) is 4.75. The summed E-state index contributed by atoms with van der Waals surface area (Å²) < 4.78 is 1.50. The number of hydrogen-bond donors (Lipinski definition) is 1. The molecule has 0 radical (unpaired) electrons. The molecular weight excluding hydrogens is 252 g/mol. The molecule has 1 atom stereocenters. The Morgan fingerprint density at radius 2 is 1.85 bits per heavy atom. The number of imidazole rings is 1. The summed E-state index contributed by atoms with van der Waals surface area (Å²) in [4.78, 5) is 3.86. The molecule has 1 heterocycles. The average Bonchev–Trinajstić information content (AvgIpc) is 2.79. The van der Waals surface area contributed by atoms with E-state index in [0.717, 1.165) is 16.7 Å². The van der Waals surface area contributed by atoms with Gasteiger partial charge in [-0.2, -0.15) is 10.5 Å². The number of aliphatic hydroxyl groups is 1. The third kappa shape index (κ3) is 2.69. The third-order valence-electron chi connectivity index (χ3n) is 3.05. The second kappa shape index (κ2) is 5.56. The molecule has 2 rings (SSSR count). The van der Waals surface area contributed by atoms with Gasteiger partial charge in [0, 0.05) is 0 Å². The van der Waals surface area contributed by atoms with Gasteiger partial charge in [0.25, 0.3) is 0 Å². The molecule has 0 spiro atoms. The lowest BCUT2D eigenvalue weighted by Crippen LogP contribution is -2.10. The van der Waals surface area contributed by atoms with Gasteiger partial charge < -0.3 is 9.67 Å². The van der Waals surface area contributed by atoms with Gasteiger partial charge in [0.1, 0.15) is 12.1 Å². The Hall–Kier alpha value is -2.63. The number of hydrogen-bond acceptors (Lipinski definition) is 4. The van der Waals surface area contributed by atoms with Crippen molar-refractivity contribution in [1.82, 2.24) is 9.55 Å². The van der Waals surface area contributed by atoms with E-state index in [1.165, 1.54) is 10.9 Å². The van der Waals surface area contributed by atoms with Crippen LogP contribution in [0.5, 0.6) is 0 Å². The van der Waals surface area contributed by atoms with E-state index in [1.807, 2.05) is 44.2 Å². The number of nitrogens with zero attached hydrogens (tertiary/aromatic N) is 4. The smallest absolute Gasteiger partial charge is 0.176 e. The lowest BCUT2D eigenvalue weighted by Gasteiger charge is -2.14. The average molecular weight is 266 g/mol. The number of benzene rings is 1. The van der Waals surface area contributed by atoms with Crippen molar-refractivity contribution in [3.63, 3.8) is 0 Å². The fraction of sp³-hybridized carbons (Fsp3) is 0.267. The first-order valence-electron chi connectivity index (χ1n) is 6.16. The van der Waals surface area contributed by atoms with Crippen LogP contribution in [0.25, 0.3) is 0 Å². The summed E-state index contributed by atoms with van der Waals surface area (Å²) in [5.74, 6) is 0. The number of rotatable bonds is 3. The normalized spacial score (nSPS) is 11.7. The van der Waals surface area contributed by atoms with Gasteiger partial charge in [-0.05, 0) is 19.4 Å². The van der Waals surface area contributed by atoms with Crippen molar-refractivity contribution in [2.45, 2.75) is 26.5 Å². The Morgan fingerprint density at radius 3 is 2.40 bits per heavy atom. The molecule has 0 aliphatic carbocycles. The molecule has 0 aliphatic heterocycles. The third-order valence-corrected chi connectivity index (χ3v) is 3.05. The Balaban J connectivity index is 2.28. The zero-order chi connectivity index (χ0) is 14.7. The summed E-state index contributed by atoms with van der Waals surface area (Å²) in [6.07, 6.45) is 0.657. The van der Waals surface area contributed by atoms with Crippen molar-refractivity contribution in [2.75, 3.05) is 0 Å². The molecule has 2 aromatic rings. The second-order valence-electron chi connectivity index (χ2n) is 4.75. The van der Waals surface area contributed by atoms with E-state index in [2.05, 4.69) is 4.98 Å². The number of aromatic nitrogens is 2. The Morgan fingerprint density at radius 1 is 1.20 bits per heavy atom. The van der Waals surface area contributed by atoms with Crippen LogP contribution in [0.2, 0.25) is 0 Å². The highest BCUT2D eigenvalue weighted by molar-refractivity contribution is 5.36. The van der Waals surface area contributed by atoms with Crippen LogP contribution in [-0.2, 0) is 6.54 Å². The largest absolute Gasteiger partial charge is 0.387 e. The molecule has 100 valence electrons. The molecule has 5 heteroatoms. The van der Waals surface area contributed by atoms with E-state index < -0.39 is 6.10 Å². The summed E-state index contributed by atoms with van der Waals surface area (Å²) in [6, 6.07) is 9.65. The van der Waals surface area contributed by atoms with Crippen LogP contribution >= 0.6 is 0 Å². The standard InChI is InChI=1S/C15H14N4O/c1-10-3-11(2)5-12(4-10)15(20)8-19-9-18-13(6-16)14(19)7-17/h3-5,9,15,20H,8H2,1-2H3. The Kier molecular flexibility index (Phi) is 3.84. The maximum absolute atomic E-state index is 10.3. The SMILES string of the molecule is Cc1cc(C)cc(C(O)Cn2cnc(C#N)c2C#N)c1. The van der Waals surface area contributed by atoms with Crippen LogP contribution < -0.4 is 0 Å². The summed E-state index contributed by atoms with van der Waals surface area (Å²) in [6.45, 7) is 4.13. The van der Waals surface area contributed by atoms with Crippen LogP contribution in [0, 0.1) is 36.5 Å². The zero-order valence-corrected chi connectivity index (χ0v) is 11.3. The predicted octanol–water partition coefficient (Wildman–Crippen LogP) is 1.98. The first kappa shape index (κ1) is 13.8. The minimum Gasteiger partial charge on any atom is -0.387 e. The molecule has 5 nitrogen and oxygen atoms in total. The Labute approximate surface area is 117 Å². The van der Waals surface area contributed by atoms with Crippen molar-refractivity contribution in [2.24, 2.45) is 0 Å². The monoisotopic (exact) mass is 266 g/mol. The first-order chi connectivity index (χ1) is 9.55. The van der Waals surface area contributed by atoms with E-state index in [0.29, 0.717) is 0 Å². The van der Waals surface area contributed by atoms with Gasteiger partial charge in [0.15, 0.2) is 11.4 Å². The number of aliphatic hydroxyl groups excluding tert-OH is 1. The highest BCUT2D eigenvalue weighted by Gasteiger charge is 2.15. The van der Waals surface area contributed by atoms with E-state index in [1.54, 1.807) is 0 Å². The Bertz CT molecular complexity index is 698. The van der Waals surface area contributed by atoms with Crippen molar-refractivity contribution in [3.05, 3.63) is 52.6 Å². The molecule has 0 amide bonds. The molecular formula is C15H14N4O. The van der Waals surface area contributed by atoms with Gasteiger partial charge >= 0.3 is 0 Å². The maximum atomic E-state index is 10.3. The van der Waals surface area contributed by atoms with Gasteiger partial charge in [-0.25, -0.2) is 4.98 Å². The van der Waals surface area contributed by atoms with Crippen LogP contribution in [0.15, 0.2) is 24.5 Å². The molecule has 1 aromatic heterocycles. The van der Waals surface area contributed by atoms with Crippen molar-refractivity contribution in [1.29, 1.82) is 10.5 Å². The molecule has 0 saturated carbocycles. The lowest BCUT2D eigenvalue weighted by atomic mass is 10.0. The molecule has 0 bridgehead atoms. The minimum absolute atomic E-state index is 0.0834. The summed E-state index contributed by atoms with van der Waals surface area (Å²) in [5.41, 5.74) is 3.19. The molecule has 1 unspecified atom stereocenters. The van der Waals surface area contributed by atoms with E-state index in [9.17, 15) is 5.11 Å². The fourth-order valence-corrected chi connectivity index (χ4v) is 2.21. The van der Waals surface area contributed by atoms with Crippen molar-refractivity contribution >= 4 is 0 Å². The summed E-state index contributed by atoms with van der Waals surface area (Å²) in [7, 11) is 0. The number of nitriles is 2. The van der Waals surface area contributed by atoms with Crippen LogP contribution in [0.4, 0.5) is 0 Å². The highest BCUT2D eigenvalue weighted by Crippen LogP contribution is 2.19. The number of aryl methyl sites for hydroxylation is 2. The van der Waals surface area contributed by atoms with E-state index in [4.69, 9.17) is 10.5 Å². The lowest BCUT2D eigenvalue weighted by molar-refractivity contribution is 0.156. The first-order valence-corrected chi connectivity index (χ1v) is 6.16. The van der Waals surface area contributed by atoms with E-state index >= 15 is 0 Å². The van der Waals surface area contributed by atoms with Crippen molar-refractivity contribution < 1.29 is 5.11 Å². The molecule has 1 N–H and O–H groups in total. The van der Waals surface area contributed by atoms with Crippen LogP contribution in [0.1, 0.15) is 34.2 Å².